The Morgan fingerprint density at radius 2 is 1.88 bits per heavy atom. The summed E-state index contributed by atoms with van der Waals surface area (Å²) in [5.74, 6) is -1.20. The number of ether oxygens (including phenoxy) is 1. The maximum atomic E-state index is 12.7. The average Bonchev–Trinajstić information content (AvgIpc) is 3.44. The number of carbonyl (C=O) groups excluding carboxylic acids is 2. The molecule has 2 aliphatic rings. The Bertz CT molecular complexity index is 801. The largest absolute Gasteiger partial charge is 0.452 e. The molecular formula is C17H21ClN2O5S. The number of carbonyl (C=O) groups is 2. The van der Waals surface area contributed by atoms with Gasteiger partial charge < -0.3 is 10.1 Å². The number of hydrogen-bond donors (Lipinski definition) is 1. The Balaban J connectivity index is 1.71. The zero-order valence-corrected chi connectivity index (χ0v) is 15.8. The van der Waals surface area contributed by atoms with Crippen LogP contribution in [0.5, 0.6) is 0 Å². The van der Waals surface area contributed by atoms with Crippen molar-refractivity contribution in [2.45, 2.75) is 43.0 Å². The Morgan fingerprint density at radius 3 is 2.54 bits per heavy atom. The van der Waals surface area contributed by atoms with Crippen molar-refractivity contribution in [1.82, 2.24) is 9.62 Å². The zero-order chi connectivity index (χ0) is 18.7. The van der Waals surface area contributed by atoms with E-state index in [1.165, 1.54) is 22.5 Å². The standard InChI is InChI=1S/C17H21ClN2O5S/c18-15-7-6-13(26(23,24)20-8-2-1-3-9-20)10-14(15)17(22)25-11-16(21)19-12-4-5-12/h6-7,10,12H,1-5,8-9,11H2,(H,19,21). The molecule has 1 saturated carbocycles. The van der Waals surface area contributed by atoms with E-state index in [4.69, 9.17) is 16.3 Å². The molecule has 0 atom stereocenters. The van der Waals surface area contributed by atoms with Crippen LogP contribution in [0.4, 0.5) is 0 Å². The summed E-state index contributed by atoms with van der Waals surface area (Å²) in [5.41, 5.74) is -0.0658. The van der Waals surface area contributed by atoms with Crippen LogP contribution in [0, 0.1) is 0 Å². The first-order chi connectivity index (χ1) is 12.4. The van der Waals surface area contributed by atoms with Crippen LogP contribution in [-0.4, -0.2) is 50.3 Å². The van der Waals surface area contributed by atoms with Gasteiger partial charge in [-0.3, -0.25) is 4.79 Å². The number of benzene rings is 1. The Labute approximate surface area is 157 Å². The van der Waals surface area contributed by atoms with E-state index in [-0.39, 0.29) is 27.4 Å². The fraction of sp³-hybridized carbons (Fsp3) is 0.529. The molecule has 1 aliphatic heterocycles. The lowest BCUT2D eigenvalue weighted by Crippen LogP contribution is -2.35. The van der Waals surface area contributed by atoms with Crippen molar-refractivity contribution in [1.29, 1.82) is 0 Å². The van der Waals surface area contributed by atoms with Gasteiger partial charge in [0.2, 0.25) is 10.0 Å². The number of halogens is 1. The molecule has 0 unspecified atom stereocenters. The fourth-order valence-corrected chi connectivity index (χ4v) is 4.52. The molecule has 1 aromatic rings. The van der Waals surface area contributed by atoms with Gasteiger partial charge in [-0.15, -0.1) is 0 Å². The van der Waals surface area contributed by atoms with Gasteiger partial charge >= 0.3 is 5.97 Å². The van der Waals surface area contributed by atoms with E-state index in [0.29, 0.717) is 13.1 Å². The molecule has 2 fully saturated rings. The second-order valence-electron chi connectivity index (χ2n) is 6.52. The van der Waals surface area contributed by atoms with Crippen molar-refractivity contribution >= 4 is 33.5 Å². The Morgan fingerprint density at radius 1 is 1.19 bits per heavy atom. The van der Waals surface area contributed by atoms with Crippen molar-refractivity contribution < 1.29 is 22.7 Å². The van der Waals surface area contributed by atoms with Crippen LogP contribution in [0.2, 0.25) is 5.02 Å². The molecule has 0 radical (unpaired) electrons. The minimum Gasteiger partial charge on any atom is -0.452 e. The highest BCUT2D eigenvalue weighted by Gasteiger charge is 2.28. The number of piperidine rings is 1. The molecule has 7 nitrogen and oxygen atoms in total. The highest BCUT2D eigenvalue weighted by molar-refractivity contribution is 7.89. The third-order valence-corrected chi connectivity index (χ3v) is 6.61. The van der Waals surface area contributed by atoms with Gasteiger partial charge in [0.25, 0.3) is 5.91 Å². The van der Waals surface area contributed by atoms with Crippen LogP contribution in [-0.2, 0) is 19.6 Å². The summed E-state index contributed by atoms with van der Waals surface area (Å²) in [6.07, 6.45) is 4.51. The van der Waals surface area contributed by atoms with Crippen molar-refractivity contribution in [3.63, 3.8) is 0 Å². The summed E-state index contributed by atoms with van der Waals surface area (Å²) >= 11 is 6.03. The minimum absolute atomic E-state index is 0.00168. The Hall–Kier alpha value is -1.64. The first-order valence-corrected chi connectivity index (χ1v) is 10.5. The normalized spacial score (nSPS) is 18.3. The second kappa shape index (κ2) is 7.94. The molecule has 3 rings (SSSR count). The van der Waals surface area contributed by atoms with Gasteiger partial charge in [0.15, 0.2) is 6.61 Å². The third-order valence-electron chi connectivity index (χ3n) is 4.39. The van der Waals surface area contributed by atoms with E-state index in [1.54, 1.807) is 0 Å². The molecule has 142 valence electrons. The monoisotopic (exact) mass is 400 g/mol. The molecule has 0 bridgehead atoms. The molecule has 9 heteroatoms. The van der Waals surface area contributed by atoms with Crippen LogP contribution in [0.1, 0.15) is 42.5 Å². The molecule has 26 heavy (non-hydrogen) atoms. The lowest BCUT2D eigenvalue weighted by molar-refractivity contribution is -0.124. The van der Waals surface area contributed by atoms with Crippen molar-refractivity contribution in [2.24, 2.45) is 0 Å². The van der Waals surface area contributed by atoms with Crippen LogP contribution >= 0.6 is 11.6 Å². The quantitative estimate of drug-likeness (QED) is 0.737. The van der Waals surface area contributed by atoms with Crippen LogP contribution < -0.4 is 5.32 Å². The molecule has 0 spiro atoms. The van der Waals surface area contributed by atoms with E-state index in [0.717, 1.165) is 32.1 Å². The minimum atomic E-state index is -3.69. The van der Waals surface area contributed by atoms with E-state index < -0.39 is 22.6 Å². The van der Waals surface area contributed by atoms with Gasteiger partial charge in [-0.05, 0) is 43.9 Å². The number of sulfonamides is 1. The zero-order valence-electron chi connectivity index (χ0n) is 14.2. The van der Waals surface area contributed by atoms with E-state index in [9.17, 15) is 18.0 Å². The molecule has 1 amide bonds. The number of hydrogen-bond acceptors (Lipinski definition) is 5. The molecule has 1 saturated heterocycles. The SMILES string of the molecule is O=C(COC(=O)c1cc(S(=O)(=O)N2CCCCC2)ccc1Cl)NC1CC1. The topological polar surface area (TPSA) is 92.8 Å². The van der Waals surface area contributed by atoms with E-state index in [1.807, 2.05) is 0 Å². The van der Waals surface area contributed by atoms with E-state index >= 15 is 0 Å². The molecule has 1 N–H and O–H groups in total. The first kappa shape index (κ1) is 19.1. The second-order valence-corrected chi connectivity index (χ2v) is 8.87. The van der Waals surface area contributed by atoms with Gasteiger partial charge in [0, 0.05) is 19.1 Å². The predicted molar refractivity (Wildman–Crippen MR) is 95.5 cm³/mol. The van der Waals surface area contributed by atoms with Gasteiger partial charge in [-0.1, -0.05) is 18.0 Å². The number of nitrogens with one attached hydrogen (secondary N) is 1. The third kappa shape index (κ3) is 4.55. The van der Waals surface area contributed by atoms with Gasteiger partial charge in [-0.25, -0.2) is 13.2 Å². The van der Waals surface area contributed by atoms with Crippen molar-refractivity contribution in [3.8, 4) is 0 Å². The molecular weight excluding hydrogens is 380 g/mol. The van der Waals surface area contributed by atoms with Gasteiger partial charge in [0.05, 0.1) is 15.5 Å². The molecule has 1 heterocycles. The van der Waals surface area contributed by atoms with Crippen LogP contribution in [0.3, 0.4) is 0 Å². The number of amides is 1. The summed E-state index contributed by atoms with van der Waals surface area (Å²) in [7, 11) is -3.69. The highest BCUT2D eigenvalue weighted by Crippen LogP contribution is 2.25. The van der Waals surface area contributed by atoms with E-state index in [2.05, 4.69) is 5.32 Å². The maximum absolute atomic E-state index is 12.7. The smallest absolute Gasteiger partial charge is 0.340 e. The highest BCUT2D eigenvalue weighted by atomic mass is 35.5. The lowest BCUT2D eigenvalue weighted by atomic mass is 10.2. The number of esters is 1. The Kier molecular flexibility index (Phi) is 5.84. The molecule has 0 aromatic heterocycles. The first-order valence-electron chi connectivity index (χ1n) is 8.64. The fourth-order valence-electron chi connectivity index (χ4n) is 2.78. The number of rotatable bonds is 6. The summed E-state index contributed by atoms with van der Waals surface area (Å²) in [6, 6.07) is 4.12. The van der Waals surface area contributed by atoms with Crippen LogP contribution in [0.25, 0.3) is 0 Å². The maximum Gasteiger partial charge on any atom is 0.340 e. The molecule has 1 aromatic carbocycles. The van der Waals surface area contributed by atoms with Gasteiger partial charge in [-0.2, -0.15) is 4.31 Å². The van der Waals surface area contributed by atoms with Crippen molar-refractivity contribution in [3.05, 3.63) is 28.8 Å². The van der Waals surface area contributed by atoms with Crippen molar-refractivity contribution in [2.75, 3.05) is 19.7 Å². The lowest BCUT2D eigenvalue weighted by Gasteiger charge is -2.26. The predicted octanol–water partition coefficient (Wildman–Crippen LogP) is 1.95. The summed E-state index contributed by atoms with van der Waals surface area (Å²) in [6.45, 7) is 0.507. The molecule has 1 aliphatic carbocycles. The summed E-state index contributed by atoms with van der Waals surface area (Å²) in [5, 5.41) is 2.78. The van der Waals surface area contributed by atoms with Gasteiger partial charge in [0.1, 0.15) is 0 Å². The van der Waals surface area contributed by atoms with Crippen LogP contribution in [0.15, 0.2) is 23.1 Å². The number of nitrogens with zero attached hydrogens (tertiary/aromatic N) is 1. The summed E-state index contributed by atoms with van der Waals surface area (Å²) < 4.78 is 31.9. The summed E-state index contributed by atoms with van der Waals surface area (Å²) in [4.78, 5) is 23.9. The average molecular weight is 401 g/mol.